The maximum absolute atomic E-state index is 15.3. The molecule has 17 heteroatoms. The lowest BCUT2D eigenvalue weighted by molar-refractivity contribution is -0.175. The van der Waals surface area contributed by atoms with Crippen molar-refractivity contribution in [1.29, 1.82) is 0 Å². The Morgan fingerprint density at radius 2 is 1.87 bits per heavy atom. The second-order valence-electron chi connectivity index (χ2n) is 14.7. The number of alkyl carbamates (subject to hydrolysis) is 1. The van der Waals surface area contributed by atoms with Crippen molar-refractivity contribution in [3.05, 3.63) is 61.7 Å². The van der Waals surface area contributed by atoms with E-state index in [-0.39, 0.29) is 43.9 Å². The Morgan fingerprint density at radius 1 is 1.11 bits per heavy atom. The van der Waals surface area contributed by atoms with Crippen LogP contribution in [0.4, 0.5) is 18.8 Å². The predicted molar refractivity (Wildman–Crippen MR) is 189 cm³/mol. The maximum atomic E-state index is 15.3. The SMILES string of the molecule is CC[C@@]1(OC(=O)OCCNC(=O)ON2CCNCC2)C(=O)OCc2c1cc1n(c2=O)Cc2c-1nc1cc(F)c(C)c3c1c2[C@@H](NC(=O)OC(C)(C)C)CC3. The number of hydroxylamine groups is 2. The summed E-state index contributed by atoms with van der Waals surface area (Å²) < 4.78 is 38.7. The molecule has 2 aromatic heterocycles. The molecule has 0 bridgehead atoms. The first kappa shape index (κ1) is 37.0. The molecule has 1 aromatic carbocycles. The van der Waals surface area contributed by atoms with E-state index in [1.807, 2.05) is 0 Å². The molecule has 5 heterocycles. The van der Waals surface area contributed by atoms with Crippen LogP contribution in [0.25, 0.3) is 22.3 Å². The lowest BCUT2D eigenvalue weighted by Crippen LogP contribution is -2.47. The van der Waals surface area contributed by atoms with Gasteiger partial charge in [-0.05, 0) is 69.7 Å². The quantitative estimate of drug-likeness (QED) is 0.141. The third-order valence-corrected chi connectivity index (χ3v) is 10.2. The molecule has 7 rings (SSSR count). The number of hydrogen-bond acceptors (Lipinski definition) is 13. The molecule has 54 heavy (non-hydrogen) atoms. The minimum atomic E-state index is -2.04. The van der Waals surface area contributed by atoms with Crippen LogP contribution in [-0.2, 0) is 53.8 Å². The van der Waals surface area contributed by atoms with Gasteiger partial charge in [0, 0.05) is 48.8 Å². The molecule has 1 saturated heterocycles. The van der Waals surface area contributed by atoms with Crippen molar-refractivity contribution in [3.63, 3.8) is 0 Å². The molecule has 16 nitrogen and oxygen atoms in total. The zero-order valence-electron chi connectivity index (χ0n) is 30.8. The monoisotopic (exact) mass is 750 g/mol. The first-order chi connectivity index (χ1) is 25.7. The molecule has 0 radical (unpaired) electrons. The predicted octanol–water partition coefficient (Wildman–Crippen LogP) is 3.75. The number of carbonyl (C=O) groups is 4. The Kier molecular flexibility index (Phi) is 9.72. The van der Waals surface area contributed by atoms with Gasteiger partial charge in [0.1, 0.15) is 24.6 Å². The van der Waals surface area contributed by atoms with E-state index in [2.05, 4.69) is 16.0 Å². The molecular formula is C37H43FN6O10. The Balaban J connectivity index is 1.20. The summed E-state index contributed by atoms with van der Waals surface area (Å²) in [5.74, 6) is -1.32. The first-order valence-electron chi connectivity index (χ1n) is 18.1. The Hall–Kier alpha value is -5.29. The van der Waals surface area contributed by atoms with Gasteiger partial charge in [-0.15, -0.1) is 5.06 Å². The summed E-state index contributed by atoms with van der Waals surface area (Å²) in [6.07, 6.45) is -1.72. The van der Waals surface area contributed by atoms with Crippen molar-refractivity contribution in [2.75, 3.05) is 39.3 Å². The second kappa shape index (κ2) is 14.2. The number of piperazine rings is 1. The third-order valence-electron chi connectivity index (χ3n) is 10.2. The second-order valence-corrected chi connectivity index (χ2v) is 14.7. The van der Waals surface area contributed by atoms with Crippen molar-refractivity contribution in [3.8, 4) is 11.4 Å². The molecule has 2 amide bonds. The highest BCUT2D eigenvalue weighted by Crippen LogP contribution is 2.46. The summed E-state index contributed by atoms with van der Waals surface area (Å²) in [4.78, 5) is 76.1. The highest BCUT2D eigenvalue weighted by atomic mass is 19.1. The molecule has 0 spiro atoms. The largest absolute Gasteiger partial charge is 0.509 e. The minimum Gasteiger partial charge on any atom is -0.457 e. The average molecular weight is 751 g/mol. The van der Waals surface area contributed by atoms with Gasteiger partial charge in [-0.2, -0.15) is 0 Å². The Labute approximate surface area is 309 Å². The number of ether oxygens (including phenoxy) is 4. The maximum Gasteiger partial charge on any atom is 0.509 e. The molecule has 3 aromatic rings. The summed E-state index contributed by atoms with van der Waals surface area (Å²) in [5, 5.41) is 10.9. The van der Waals surface area contributed by atoms with Gasteiger partial charge >= 0.3 is 24.3 Å². The van der Waals surface area contributed by atoms with Crippen molar-refractivity contribution >= 4 is 35.2 Å². The lowest BCUT2D eigenvalue weighted by atomic mass is 9.81. The number of nitrogens with one attached hydrogen (secondary N) is 3. The normalized spacial score (nSPS) is 20.3. The van der Waals surface area contributed by atoms with E-state index < -0.39 is 52.9 Å². The van der Waals surface area contributed by atoms with Crippen LogP contribution in [0.15, 0.2) is 16.9 Å². The number of aryl methyl sites for hydroxylation is 1. The van der Waals surface area contributed by atoms with Gasteiger partial charge < -0.3 is 44.3 Å². The summed E-state index contributed by atoms with van der Waals surface area (Å²) >= 11 is 0. The summed E-state index contributed by atoms with van der Waals surface area (Å²) in [7, 11) is 0. The summed E-state index contributed by atoms with van der Waals surface area (Å²) in [6.45, 7) is 10.4. The molecule has 1 aliphatic carbocycles. The van der Waals surface area contributed by atoms with Crippen molar-refractivity contribution in [2.45, 2.75) is 84.3 Å². The number of hydrogen-bond donors (Lipinski definition) is 3. The fourth-order valence-corrected chi connectivity index (χ4v) is 7.65. The van der Waals surface area contributed by atoms with Crippen LogP contribution in [0.1, 0.15) is 80.0 Å². The number of amides is 2. The van der Waals surface area contributed by atoms with E-state index in [0.29, 0.717) is 78.0 Å². The molecular weight excluding hydrogens is 707 g/mol. The first-order valence-corrected chi connectivity index (χ1v) is 18.1. The van der Waals surface area contributed by atoms with Crippen LogP contribution in [-0.4, -0.2) is 83.9 Å². The van der Waals surface area contributed by atoms with Gasteiger partial charge in [-0.25, -0.2) is 28.6 Å². The number of esters is 1. The Bertz CT molecular complexity index is 2120. The molecule has 0 unspecified atom stereocenters. The van der Waals surface area contributed by atoms with E-state index >= 15 is 4.39 Å². The fourth-order valence-electron chi connectivity index (χ4n) is 7.65. The summed E-state index contributed by atoms with van der Waals surface area (Å²) in [5.41, 5.74) is 0.649. The zero-order valence-corrected chi connectivity index (χ0v) is 30.8. The van der Waals surface area contributed by atoms with Gasteiger partial charge in [-0.1, -0.05) is 6.92 Å². The number of nitrogens with zero attached hydrogens (tertiary/aromatic N) is 3. The molecule has 288 valence electrons. The van der Waals surface area contributed by atoms with Crippen LogP contribution < -0.4 is 21.5 Å². The standard InChI is InChI=1S/C37H43FN6O10/c1-6-37(53-35(49)50-14-11-40-33(47)54-43-12-9-39-10-13-43)23-15-27-30-21(17-44(27)31(45)22(23)18-51-32(37)46)29-25(42-34(48)52-36(3,4)5)8-7-20-19(2)24(38)16-26(41-30)28(20)29/h15-16,25,39H,6-14,17-18H2,1-5H3,(H,40,47)(H,42,48)/t25-,37-/m0/s1. The highest BCUT2D eigenvalue weighted by molar-refractivity contribution is 5.94. The smallest absolute Gasteiger partial charge is 0.457 e. The summed E-state index contributed by atoms with van der Waals surface area (Å²) in [6, 6.07) is 2.40. The number of pyridine rings is 2. The average Bonchev–Trinajstić information content (AvgIpc) is 3.49. The van der Waals surface area contributed by atoms with Gasteiger partial charge in [0.25, 0.3) is 5.56 Å². The molecule has 3 aliphatic heterocycles. The van der Waals surface area contributed by atoms with E-state index in [4.69, 9.17) is 28.8 Å². The number of benzene rings is 1. The molecule has 0 saturated carbocycles. The van der Waals surface area contributed by atoms with Crippen LogP contribution in [0, 0.1) is 12.7 Å². The topological polar surface area (TPSA) is 189 Å². The van der Waals surface area contributed by atoms with E-state index in [1.165, 1.54) is 15.7 Å². The van der Waals surface area contributed by atoms with Crippen LogP contribution in [0.3, 0.4) is 0 Å². The van der Waals surface area contributed by atoms with Gasteiger partial charge in [-0.3, -0.25) is 4.79 Å². The molecule has 2 atom stereocenters. The number of fused-ring (bicyclic) bond motifs is 5. The van der Waals surface area contributed by atoms with Gasteiger partial charge in [0.05, 0.1) is 41.6 Å². The van der Waals surface area contributed by atoms with Crippen LogP contribution in [0.5, 0.6) is 0 Å². The lowest BCUT2D eigenvalue weighted by Gasteiger charge is -2.35. The minimum absolute atomic E-state index is 0.0808. The molecule has 3 N–H and O–H groups in total. The Morgan fingerprint density at radius 3 is 2.59 bits per heavy atom. The van der Waals surface area contributed by atoms with Crippen molar-refractivity contribution < 1.29 is 47.4 Å². The van der Waals surface area contributed by atoms with Gasteiger partial charge in [0.2, 0.25) is 5.60 Å². The fraction of sp³-hybridized carbons (Fsp3) is 0.514. The third kappa shape index (κ3) is 6.70. The van der Waals surface area contributed by atoms with Gasteiger partial charge in [0.15, 0.2) is 0 Å². The number of aromatic nitrogens is 2. The number of rotatable bonds is 7. The number of cyclic esters (lactones) is 1. The molecule has 1 fully saturated rings. The zero-order chi connectivity index (χ0) is 38.5. The van der Waals surface area contributed by atoms with E-state index in [0.717, 1.165) is 5.56 Å². The highest BCUT2D eigenvalue weighted by Gasteiger charge is 2.51. The number of halogens is 1. The van der Waals surface area contributed by atoms with Crippen molar-refractivity contribution in [1.82, 2.24) is 30.6 Å². The number of carbonyl (C=O) groups excluding carboxylic acids is 4. The van der Waals surface area contributed by atoms with Crippen LogP contribution in [0.2, 0.25) is 0 Å². The van der Waals surface area contributed by atoms with E-state index in [9.17, 15) is 24.0 Å². The molecule has 4 aliphatic rings. The van der Waals surface area contributed by atoms with E-state index in [1.54, 1.807) is 40.7 Å². The van der Waals surface area contributed by atoms with Crippen LogP contribution >= 0.6 is 0 Å². The van der Waals surface area contributed by atoms with Crippen molar-refractivity contribution in [2.24, 2.45) is 0 Å².